The Labute approximate surface area is 180 Å². The molecule has 2 aliphatic carbocycles. The van der Waals surface area contributed by atoms with Crippen LogP contribution in [-0.2, 0) is 19.1 Å². The third-order valence-corrected chi connectivity index (χ3v) is 7.73. The first-order valence-electron chi connectivity index (χ1n) is 11.0. The number of carbonyl (C=O) groups is 2. The maximum atomic E-state index is 11.9. The largest absolute Gasteiger partial charge is 0.462 e. The minimum absolute atomic E-state index is 0.0507. The lowest BCUT2D eigenvalue weighted by Crippen LogP contribution is -2.58. The van der Waals surface area contributed by atoms with Crippen molar-refractivity contribution in [2.75, 3.05) is 19.8 Å². The highest BCUT2D eigenvalue weighted by atomic mass is 16.5. The van der Waals surface area contributed by atoms with Crippen molar-refractivity contribution in [3.8, 4) is 0 Å². The van der Waals surface area contributed by atoms with Crippen LogP contribution >= 0.6 is 0 Å². The van der Waals surface area contributed by atoms with Gasteiger partial charge in [-0.15, -0.1) is 0 Å². The SMILES string of the molecule is CC(=O)OCC1=CCC[C@@H]2[C@@](C)(CC/C(=C\CO)CO)[C@@H](C)C[C@H](OC(C)=O)[C@@]12C. The molecule has 2 rings (SSSR count). The molecule has 0 aliphatic heterocycles. The lowest BCUT2D eigenvalue weighted by molar-refractivity contribution is -0.176. The summed E-state index contributed by atoms with van der Waals surface area (Å²) in [7, 11) is 0. The van der Waals surface area contributed by atoms with Crippen LogP contribution in [0.2, 0.25) is 0 Å². The van der Waals surface area contributed by atoms with Crippen LogP contribution in [0.1, 0.15) is 66.7 Å². The topological polar surface area (TPSA) is 93.1 Å². The highest BCUT2D eigenvalue weighted by molar-refractivity contribution is 5.67. The summed E-state index contributed by atoms with van der Waals surface area (Å²) in [6, 6.07) is 0. The molecule has 0 aromatic heterocycles. The van der Waals surface area contributed by atoms with Gasteiger partial charge in [-0.05, 0) is 60.5 Å². The molecule has 2 aliphatic rings. The van der Waals surface area contributed by atoms with Gasteiger partial charge in [-0.25, -0.2) is 0 Å². The average Bonchev–Trinajstić information content (AvgIpc) is 2.68. The Hall–Kier alpha value is -1.66. The monoisotopic (exact) mass is 422 g/mol. The molecule has 170 valence electrons. The molecule has 0 saturated heterocycles. The average molecular weight is 423 g/mol. The van der Waals surface area contributed by atoms with Crippen molar-refractivity contribution in [2.24, 2.45) is 22.7 Å². The zero-order valence-electron chi connectivity index (χ0n) is 19.1. The standard InChI is InChI=1S/C24H38O6/c1-16-13-22(30-18(3)28)24(5)20(15-29-17(2)27)7-6-8-21(24)23(16,4)11-9-19(14-26)10-12-25/h7,10,16,21-22,25-26H,6,8-9,11-15H2,1-5H3/b19-10+/t16-,21+,22-,23-,24-/m0/s1. The molecule has 0 unspecified atom stereocenters. The summed E-state index contributed by atoms with van der Waals surface area (Å²) >= 11 is 0. The van der Waals surface area contributed by atoms with Crippen molar-refractivity contribution in [2.45, 2.75) is 72.8 Å². The molecule has 0 heterocycles. The van der Waals surface area contributed by atoms with Crippen LogP contribution in [0, 0.1) is 22.7 Å². The number of hydrogen-bond acceptors (Lipinski definition) is 6. The highest BCUT2D eigenvalue weighted by Gasteiger charge is 2.59. The first kappa shape index (κ1) is 24.6. The van der Waals surface area contributed by atoms with Crippen molar-refractivity contribution in [1.29, 1.82) is 0 Å². The van der Waals surface area contributed by atoms with Crippen molar-refractivity contribution in [3.63, 3.8) is 0 Å². The van der Waals surface area contributed by atoms with Gasteiger partial charge in [0.05, 0.1) is 13.2 Å². The van der Waals surface area contributed by atoms with Crippen LogP contribution in [0.15, 0.2) is 23.3 Å². The molecular weight excluding hydrogens is 384 g/mol. The third-order valence-electron chi connectivity index (χ3n) is 7.73. The first-order chi connectivity index (χ1) is 14.1. The van der Waals surface area contributed by atoms with Crippen LogP contribution in [0.5, 0.6) is 0 Å². The van der Waals surface area contributed by atoms with Gasteiger partial charge in [0.1, 0.15) is 12.7 Å². The fourth-order valence-electron chi connectivity index (χ4n) is 5.78. The summed E-state index contributed by atoms with van der Waals surface area (Å²) in [6.45, 7) is 9.61. The predicted octanol–water partition coefficient (Wildman–Crippen LogP) is 3.56. The van der Waals surface area contributed by atoms with Crippen LogP contribution in [0.3, 0.4) is 0 Å². The minimum Gasteiger partial charge on any atom is -0.462 e. The number of rotatable bonds is 8. The van der Waals surface area contributed by atoms with E-state index in [2.05, 4.69) is 26.8 Å². The molecule has 0 radical (unpaired) electrons. The number of aliphatic hydroxyl groups is 2. The van der Waals surface area contributed by atoms with E-state index in [1.165, 1.54) is 13.8 Å². The van der Waals surface area contributed by atoms with Crippen molar-refractivity contribution < 1.29 is 29.3 Å². The number of esters is 2. The Bertz CT molecular complexity index is 696. The summed E-state index contributed by atoms with van der Waals surface area (Å²) in [5.41, 5.74) is 1.42. The van der Waals surface area contributed by atoms with Gasteiger partial charge < -0.3 is 19.7 Å². The number of carbonyl (C=O) groups excluding carboxylic acids is 2. The van der Waals surface area contributed by atoms with Crippen molar-refractivity contribution in [1.82, 2.24) is 0 Å². The summed E-state index contributed by atoms with van der Waals surface area (Å²) in [4.78, 5) is 23.4. The van der Waals surface area contributed by atoms with Crippen LogP contribution in [-0.4, -0.2) is 48.1 Å². The number of fused-ring (bicyclic) bond motifs is 1. The lowest BCUT2D eigenvalue weighted by Gasteiger charge is -2.60. The zero-order valence-corrected chi connectivity index (χ0v) is 19.1. The quantitative estimate of drug-likeness (QED) is 0.459. The van der Waals surface area contributed by atoms with Crippen molar-refractivity contribution >= 4 is 11.9 Å². The second kappa shape index (κ2) is 10.1. The highest BCUT2D eigenvalue weighted by Crippen LogP contribution is 2.62. The molecule has 0 bridgehead atoms. The van der Waals surface area contributed by atoms with Crippen LogP contribution < -0.4 is 0 Å². The molecule has 0 aromatic rings. The van der Waals surface area contributed by atoms with Gasteiger partial charge in [0.15, 0.2) is 0 Å². The summed E-state index contributed by atoms with van der Waals surface area (Å²) < 4.78 is 11.2. The second-order valence-corrected chi connectivity index (χ2v) is 9.37. The molecule has 0 aromatic carbocycles. The molecule has 6 nitrogen and oxygen atoms in total. The molecule has 1 saturated carbocycles. The Kier molecular flexibility index (Phi) is 8.28. The second-order valence-electron chi connectivity index (χ2n) is 9.37. The summed E-state index contributed by atoms with van der Waals surface area (Å²) in [6.07, 6.45) is 7.75. The van der Waals surface area contributed by atoms with Gasteiger partial charge in [-0.2, -0.15) is 0 Å². The van der Waals surface area contributed by atoms with E-state index >= 15 is 0 Å². The van der Waals surface area contributed by atoms with E-state index in [4.69, 9.17) is 9.47 Å². The van der Waals surface area contributed by atoms with E-state index < -0.39 is 5.41 Å². The van der Waals surface area contributed by atoms with Gasteiger partial charge in [0.2, 0.25) is 0 Å². The Morgan fingerprint density at radius 2 is 1.93 bits per heavy atom. The van der Waals surface area contributed by atoms with E-state index in [1.54, 1.807) is 6.08 Å². The van der Waals surface area contributed by atoms with Gasteiger partial charge in [-0.3, -0.25) is 9.59 Å². The Morgan fingerprint density at radius 3 is 2.50 bits per heavy atom. The first-order valence-corrected chi connectivity index (χ1v) is 11.0. The van der Waals surface area contributed by atoms with E-state index in [0.717, 1.165) is 36.8 Å². The number of allylic oxidation sites excluding steroid dienone is 1. The molecule has 5 atom stereocenters. The van der Waals surface area contributed by atoms with Gasteiger partial charge in [0, 0.05) is 19.3 Å². The predicted molar refractivity (Wildman–Crippen MR) is 114 cm³/mol. The van der Waals surface area contributed by atoms with Crippen LogP contribution in [0.25, 0.3) is 0 Å². The van der Waals surface area contributed by atoms with E-state index in [1.807, 2.05) is 0 Å². The fourth-order valence-corrected chi connectivity index (χ4v) is 5.78. The Morgan fingerprint density at radius 1 is 1.23 bits per heavy atom. The van der Waals surface area contributed by atoms with Gasteiger partial charge in [0.25, 0.3) is 0 Å². The van der Waals surface area contributed by atoms with Crippen molar-refractivity contribution in [3.05, 3.63) is 23.3 Å². The zero-order chi connectivity index (χ0) is 22.5. The Balaban J connectivity index is 2.41. The maximum Gasteiger partial charge on any atom is 0.302 e. The van der Waals surface area contributed by atoms with E-state index in [9.17, 15) is 19.8 Å². The number of ether oxygens (including phenoxy) is 2. The smallest absolute Gasteiger partial charge is 0.302 e. The third kappa shape index (κ3) is 4.97. The molecule has 30 heavy (non-hydrogen) atoms. The van der Waals surface area contributed by atoms with Gasteiger partial charge in [-0.1, -0.05) is 32.9 Å². The number of aliphatic hydroxyl groups excluding tert-OH is 2. The summed E-state index contributed by atoms with van der Waals surface area (Å²) in [5, 5.41) is 18.9. The molecule has 0 spiro atoms. The summed E-state index contributed by atoms with van der Waals surface area (Å²) in [5.74, 6) is -0.0641. The molecule has 2 N–H and O–H groups in total. The van der Waals surface area contributed by atoms with Gasteiger partial charge >= 0.3 is 11.9 Å². The molecular formula is C24H38O6. The minimum atomic E-state index is -0.416. The normalized spacial score (nSPS) is 34.0. The maximum absolute atomic E-state index is 11.9. The lowest BCUT2D eigenvalue weighted by atomic mass is 9.45. The van der Waals surface area contributed by atoms with Crippen LogP contribution in [0.4, 0.5) is 0 Å². The van der Waals surface area contributed by atoms with E-state index in [0.29, 0.717) is 12.3 Å². The molecule has 1 fully saturated rings. The van der Waals surface area contributed by atoms with E-state index in [-0.39, 0.29) is 49.2 Å². The fraction of sp³-hybridized carbons (Fsp3) is 0.750. The molecule has 0 amide bonds. The molecule has 6 heteroatoms. The number of hydrogen-bond donors (Lipinski definition) is 2.